The molecule has 2 N–H and O–H groups in total. The summed E-state index contributed by atoms with van der Waals surface area (Å²) in [5, 5.41) is 6.48. The standard InChI is InChI=1S/C12H17N3/c1-10-3-2-4-11(9-10)5-6-13-12-14-7-8-15-12/h2-4,9H,5-8H2,1H3,(H2,13,14,15). The number of hydrogen-bond donors (Lipinski definition) is 2. The van der Waals surface area contributed by atoms with Crippen molar-refractivity contribution in [3.05, 3.63) is 35.4 Å². The number of nitrogens with zero attached hydrogens (tertiary/aromatic N) is 1. The molecule has 0 saturated carbocycles. The van der Waals surface area contributed by atoms with Crippen molar-refractivity contribution in [2.75, 3.05) is 19.6 Å². The largest absolute Gasteiger partial charge is 0.356 e. The van der Waals surface area contributed by atoms with E-state index >= 15 is 0 Å². The van der Waals surface area contributed by atoms with Crippen LogP contribution in [-0.2, 0) is 6.42 Å². The van der Waals surface area contributed by atoms with Crippen LogP contribution in [0.1, 0.15) is 11.1 Å². The Hall–Kier alpha value is -1.51. The van der Waals surface area contributed by atoms with E-state index < -0.39 is 0 Å². The van der Waals surface area contributed by atoms with Gasteiger partial charge in [-0.1, -0.05) is 29.8 Å². The van der Waals surface area contributed by atoms with E-state index in [4.69, 9.17) is 0 Å². The molecule has 3 heteroatoms. The molecule has 0 aromatic heterocycles. The van der Waals surface area contributed by atoms with Crippen molar-refractivity contribution in [3.63, 3.8) is 0 Å². The fraction of sp³-hybridized carbons (Fsp3) is 0.417. The number of aliphatic imine (C=N–C) groups is 1. The monoisotopic (exact) mass is 203 g/mol. The average Bonchev–Trinajstić information content (AvgIpc) is 2.71. The van der Waals surface area contributed by atoms with Gasteiger partial charge in [0.05, 0.1) is 6.54 Å². The minimum absolute atomic E-state index is 0.896. The Morgan fingerprint density at radius 3 is 3.13 bits per heavy atom. The Morgan fingerprint density at radius 1 is 1.47 bits per heavy atom. The predicted molar refractivity (Wildman–Crippen MR) is 63.2 cm³/mol. The second-order valence-corrected chi connectivity index (χ2v) is 3.82. The van der Waals surface area contributed by atoms with E-state index in [2.05, 4.69) is 46.8 Å². The van der Waals surface area contributed by atoms with Crippen LogP contribution in [0.4, 0.5) is 0 Å². The molecule has 0 fully saturated rings. The van der Waals surface area contributed by atoms with E-state index in [0.717, 1.165) is 32.0 Å². The zero-order chi connectivity index (χ0) is 10.5. The highest BCUT2D eigenvalue weighted by molar-refractivity contribution is 5.81. The second kappa shape index (κ2) is 4.82. The quantitative estimate of drug-likeness (QED) is 0.771. The lowest BCUT2D eigenvalue weighted by Gasteiger charge is -2.06. The van der Waals surface area contributed by atoms with E-state index in [1.165, 1.54) is 11.1 Å². The minimum Gasteiger partial charge on any atom is -0.356 e. The van der Waals surface area contributed by atoms with Crippen LogP contribution in [0.15, 0.2) is 29.3 Å². The van der Waals surface area contributed by atoms with Crippen molar-refractivity contribution in [1.29, 1.82) is 0 Å². The molecule has 1 aromatic rings. The smallest absolute Gasteiger partial charge is 0.191 e. The number of hydrogen-bond acceptors (Lipinski definition) is 3. The Balaban J connectivity index is 1.78. The zero-order valence-corrected chi connectivity index (χ0v) is 9.09. The Bertz CT molecular complexity index is 358. The molecule has 0 atom stereocenters. The van der Waals surface area contributed by atoms with Crippen LogP contribution < -0.4 is 10.6 Å². The zero-order valence-electron chi connectivity index (χ0n) is 9.09. The van der Waals surface area contributed by atoms with Gasteiger partial charge >= 0.3 is 0 Å². The molecule has 0 amide bonds. The maximum Gasteiger partial charge on any atom is 0.191 e. The van der Waals surface area contributed by atoms with Gasteiger partial charge in [0.1, 0.15) is 0 Å². The van der Waals surface area contributed by atoms with Gasteiger partial charge in [0, 0.05) is 13.1 Å². The Kier molecular flexibility index (Phi) is 3.22. The van der Waals surface area contributed by atoms with Crippen molar-refractivity contribution in [3.8, 4) is 0 Å². The molecule has 0 aliphatic carbocycles. The molecule has 15 heavy (non-hydrogen) atoms. The molecule has 0 saturated heterocycles. The van der Waals surface area contributed by atoms with E-state index in [1.54, 1.807) is 0 Å². The maximum atomic E-state index is 4.28. The summed E-state index contributed by atoms with van der Waals surface area (Å²) in [6, 6.07) is 8.62. The van der Waals surface area contributed by atoms with Crippen molar-refractivity contribution in [1.82, 2.24) is 10.6 Å². The summed E-state index contributed by atoms with van der Waals surface area (Å²) in [5.41, 5.74) is 2.70. The van der Waals surface area contributed by atoms with Crippen LogP contribution in [0.3, 0.4) is 0 Å². The highest BCUT2D eigenvalue weighted by Crippen LogP contribution is 2.03. The number of rotatable bonds is 3. The molecular weight excluding hydrogens is 186 g/mol. The van der Waals surface area contributed by atoms with Gasteiger partial charge in [-0.05, 0) is 18.9 Å². The summed E-state index contributed by atoms with van der Waals surface area (Å²) >= 11 is 0. The lowest BCUT2D eigenvalue weighted by molar-refractivity contribution is 0.836. The van der Waals surface area contributed by atoms with Gasteiger partial charge in [-0.3, -0.25) is 4.99 Å². The molecule has 0 bridgehead atoms. The van der Waals surface area contributed by atoms with Gasteiger partial charge in [-0.2, -0.15) is 0 Å². The van der Waals surface area contributed by atoms with E-state index in [9.17, 15) is 0 Å². The molecule has 1 aliphatic heterocycles. The molecular formula is C12H17N3. The SMILES string of the molecule is Cc1cccc(CCNC2=NCCN2)c1. The summed E-state index contributed by atoms with van der Waals surface area (Å²) in [6.07, 6.45) is 1.04. The van der Waals surface area contributed by atoms with Gasteiger partial charge in [0.2, 0.25) is 0 Å². The van der Waals surface area contributed by atoms with Gasteiger partial charge in [0.25, 0.3) is 0 Å². The van der Waals surface area contributed by atoms with Crippen molar-refractivity contribution in [2.45, 2.75) is 13.3 Å². The van der Waals surface area contributed by atoms with Gasteiger partial charge in [-0.25, -0.2) is 0 Å². The number of benzene rings is 1. The first-order chi connectivity index (χ1) is 7.34. The fourth-order valence-corrected chi connectivity index (χ4v) is 1.71. The number of guanidine groups is 1. The third-order valence-corrected chi connectivity index (χ3v) is 2.46. The first-order valence-corrected chi connectivity index (χ1v) is 5.42. The Labute approximate surface area is 90.6 Å². The lowest BCUT2D eigenvalue weighted by atomic mass is 10.1. The first kappa shape index (κ1) is 10.0. The highest BCUT2D eigenvalue weighted by Gasteiger charge is 2.02. The van der Waals surface area contributed by atoms with Crippen molar-refractivity contribution in [2.24, 2.45) is 4.99 Å². The van der Waals surface area contributed by atoms with Crippen molar-refractivity contribution < 1.29 is 0 Å². The molecule has 1 heterocycles. The molecule has 1 aliphatic rings. The topological polar surface area (TPSA) is 36.4 Å². The molecule has 0 radical (unpaired) electrons. The normalized spacial score (nSPS) is 14.6. The molecule has 0 spiro atoms. The summed E-state index contributed by atoms with van der Waals surface area (Å²) in [7, 11) is 0. The second-order valence-electron chi connectivity index (χ2n) is 3.82. The molecule has 80 valence electrons. The molecule has 1 aromatic carbocycles. The summed E-state index contributed by atoms with van der Waals surface area (Å²) < 4.78 is 0. The van der Waals surface area contributed by atoms with Crippen molar-refractivity contribution >= 4 is 5.96 Å². The molecule has 3 nitrogen and oxygen atoms in total. The predicted octanol–water partition coefficient (Wildman–Crippen LogP) is 1.09. The fourth-order valence-electron chi connectivity index (χ4n) is 1.71. The summed E-state index contributed by atoms with van der Waals surface area (Å²) in [6.45, 7) is 4.92. The molecule has 0 unspecified atom stereocenters. The van der Waals surface area contributed by atoms with Crippen LogP contribution in [-0.4, -0.2) is 25.6 Å². The minimum atomic E-state index is 0.896. The lowest BCUT2D eigenvalue weighted by Crippen LogP contribution is -2.34. The number of aryl methyl sites for hydroxylation is 1. The third-order valence-electron chi connectivity index (χ3n) is 2.46. The summed E-state index contributed by atoms with van der Waals surface area (Å²) in [5.74, 6) is 0.947. The van der Waals surface area contributed by atoms with Crippen LogP contribution >= 0.6 is 0 Å². The number of nitrogens with one attached hydrogen (secondary N) is 2. The first-order valence-electron chi connectivity index (χ1n) is 5.42. The van der Waals surface area contributed by atoms with Crippen LogP contribution in [0, 0.1) is 6.92 Å². The third kappa shape index (κ3) is 2.98. The highest BCUT2D eigenvalue weighted by atomic mass is 15.2. The van der Waals surface area contributed by atoms with E-state index in [-0.39, 0.29) is 0 Å². The Morgan fingerprint density at radius 2 is 2.40 bits per heavy atom. The van der Waals surface area contributed by atoms with Gasteiger partial charge < -0.3 is 10.6 Å². The van der Waals surface area contributed by atoms with Gasteiger partial charge in [0.15, 0.2) is 5.96 Å². The average molecular weight is 203 g/mol. The van der Waals surface area contributed by atoms with E-state index in [1.807, 2.05) is 0 Å². The molecule has 2 rings (SSSR count). The van der Waals surface area contributed by atoms with Crippen LogP contribution in [0.25, 0.3) is 0 Å². The van der Waals surface area contributed by atoms with Crippen LogP contribution in [0.5, 0.6) is 0 Å². The maximum absolute atomic E-state index is 4.28. The van der Waals surface area contributed by atoms with Crippen LogP contribution in [0.2, 0.25) is 0 Å². The summed E-state index contributed by atoms with van der Waals surface area (Å²) in [4.78, 5) is 4.28. The van der Waals surface area contributed by atoms with E-state index in [0.29, 0.717) is 0 Å². The van der Waals surface area contributed by atoms with Gasteiger partial charge in [-0.15, -0.1) is 0 Å².